The van der Waals surface area contributed by atoms with Crippen LogP contribution in [0.25, 0.3) is 0 Å². The summed E-state index contributed by atoms with van der Waals surface area (Å²) in [5.74, 6) is 0. The number of cyclic esters (lactones) is 1. The zero-order chi connectivity index (χ0) is 15.7. The number of aromatic nitrogens is 1. The molecule has 2 fully saturated rings. The zero-order valence-corrected chi connectivity index (χ0v) is 13.0. The molecule has 0 unspecified atom stereocenters. The van der Waals surface area contributed by atoms with Crippen LogP contribution in [0.3, 0.4) is 0 Å². The van der Waals surface area contributed by atoms with Crippen LogP contribution in [0.5, 0.6) is 0 Å². The predicted molar refractivity (Wildman–Crippen MR) is 81.0 cm³/mol. The second-order valence-corrected chi connectivity index (χ2v) is 5.83. The summed E-state index contributed by atoms with van der Waals surface area (Å²) in [5, 5.41) is 3.34. The van der Waals surface area contributed by atoms with Gasteiger partial charge in [0, 0.05) is 32.3 Å². The number of fused-ring (bicyclic) bond motifs is 1. The molecule has 1 aromatic rings. The average molecular weight is 325 g/mol. The molecular weight excluding hydrogens is 308 g/mol. The molecule has 2 aliphatic heterocycles. The summed E-state index contributed by atoms with van der Waals surface area (Å²) >= 11 is 6.00. The first-order chi connectivity index (χ1) is 10.6. The van der Waals surface area contributed by atoms with Crippen LogP contribution in [0.1, 0.15) is 12.0 Å². The van der Waals surface area contributed by atoms with Gasteiger partial charge in [-0.3, -0.25) is 4.98 Å². The second kappa shape index (κ2) is 6.00. The van der Waals surface area contributed by atoms with Crippen molar-refractivity contribution in [3.05, 3.63) is 23.0 Å². The van der Waals surface area contributed by atoms with Gasteiger partial charge in [0.15, 0.2) is 0 Å². The smallest absolute Gasteiger partial charge is 0.410 e. The summed E-state index contributed by atoms with van der Waals surface area (Å²) in [6, 6.07) is -0.176. The molecule has 0 bridgehead atoms. The van der Waals surface area contributed by atoms with Gasteiger partial charge in [-0.2, -0.15) is 0 Å². The Bertz CT molecular complexity index is 610. The van der Waals surface area contributed by atoms with Crippen molar-refractivity contribution >= 4 is 29.4 Å². The Balaban J connectivity index is 1.66. The van der Waals surface area contributed by atoms with Crippen LogP contribution in [0.15, 0.2) is 12.4 Å². The lowest BCUT2D eigenvalue weighted by molar-refractivity contribution is 0.0156. The number of piperazine rings is 1. The maximum absolute atomic E-state index is 12.4. The number of hydrogen-bond donors (Lipinski definition) is 1. The lowest BCUT2D eigenvalue weighted by atomic mass is 10.1. The number of nitrogens with zero attached hydrogens (tertiary/aromatic N) is 3. The number of halogens is 1. The number of nitrogens with one attached hydrogen (secondary N) is 1. The Labute approximate surface area is 133 Å². The normalized spacial score (nSPS) is 21.2. The molecule has 0 saturated carbocycles. The van der Waals surface area contributed by atoms with E-state index in [0.717, 1.165) is 12.0 Å². The third-order valence-electron chi connectivity index (χ3n) is 4.08. The maximum atomic E-state index is 12.4. The molecule has 3 rings (SSSR count). The molecule has 2 saturated heterocycles. The van der Waals surface area contributed by atoms with Crippen LogP contribution in [-0.2, 0) is 4.74 Å². The summed E-state index contributed by atoms with van der Waals surface area (Å²) < 4.78 is 5.01. The summed E-state index contributed by atoms with van der Waals surface area (Å²) in [6.45, 7) is 3.71. The van der Waals surface area contributed by atoms with Crippen molar-refractivity contribution in [3.8, 4) is 0 Å². The Hall–Kier alpha value is -2.02. The number of anilines is 1. The number of amides is 3. The third kappa shape index (κ3) is 2.81. The highest BCUT2D eigenvalue weighted by Gasteiger charge is 2.36. The fourth-order valence-electron chi connectivity index (χ4n) is 2.71. The molecule has 0 aromatic carbocycles. The van der Waals surface area contributed by atoms with Gasteiger partial charge in [-0.15, -0.1) is 0 Å². The topological polar surface area (TPSA) is 74.8 Å². The highest BCUT2D eigenvalue weighted by molar-refractivity contribution is 6.31. The summed E-state index contributed by atoms with van der Waals surface area (Å²) in [5.41, 5.74) is 1.38. The molecule has 3 amide bonds. The van der Waals surface area contributed by atoms with Gasteiger partial charge < -0.3 is 19.9 Å². The van der Waals surface area contributed by atoms with E-state index in [2.05, 4.69) is 10.3 Å². The Kier molecular flexibility index (Phi) is 4.06. The maximum Gasteiger partial charge on any atom is 0.410 e. The molecule has 0 aliphatic carbocycles. The van der Waals surface area contributed by atoms with Crippen molar-refractivity contribution in [2.45, 2.75) is 19.4 Å². The molecule has 1 atom stereocenters. The first-order valence-corrected chi connectivity index (χ1v) is 7.53. The molecule has 8 heteroatoms. The fraction of sp³-hybridized carbons (Fsp3) is 0.500. The summed E-state index contributed by atoms with van der Waals surface area (Å²) in [4.78, 5) is 31.4. The minimum Gasteiger partial charge on any atom is -0.449 e. The van der Waals surface area contributed by atoms with Crippen LogP contribution in [0.2, 0.25) is 5.02 Å². The number of urea groups is 1. The first-order valence-electron chi connectivity index (χ1n) is 7.15. The first kappa shape index (κ1) is 14.9. The van der Waals surface area contributed by atoms with E-state index in [9.17, 15) is 9.59 Å². The van der Waals surface area contributed by atoms with E-state index >= 15 is 0 Å². The highest BCUT2D eigenvalue weighted by Crippen LogP contribution is 2.23. The van der Waals surface area contributed by atoms with Gasteiger partial charge in [0.1, 0.15) is 0 Å². The number of pyridine rings is 1. The van der Waals surface area contributed by atoms with Crippen molar-refractivity contribution in [1.82, 2.24) is 14.8 Å². The van der Waals surface area contributed by atoms with Crippen LogP contribution in [-0.4, -0.2) is 59.2 Å². The van der Waals surface area contributed by atoms with Crippen LogP contribution >= 0.6 is 11.6 Å². The van der Waals surface area contributed by atoms with Crippen molar-refractivity contribution < 1.29 is 14.3 Å². The molecule has 0 radical (unpaired) electrons. The number of hydrogen-bond acceptors (Lipinski definition) is 4. The predicted octanol–water partition coefficient (Wildman–Crippen LogP) is 2.10. The number of ether oxygens (including phenoxy) is 1. The Morgan fingerprint density at radius 2 is 2.27 bits per heavy atom. The van der Waals surface area contributed by atoms with Crippen LogP contribution in [0.4, 0.5) is 15.3 Å². The van der Waals surface area contributed by atoms with E-state index in [4.69, 9.17) is 16.3 Å². The van der Waals surface area contributed by atoms with E-state index in [1.807, 2.05) is 6.92 Å². The lowest BCUT2D eigenvalue weighted by Gasteiger charge is -2.42. The number of carbonyl (C=O) groups excluding carboxylic acids is 2. The van der Waals surface area contributed by atoms with Gasteiger partial charge in [0.2, 0.25) is 0 Å². The van der Waals surface area contributed by atoms with Crippen molar-refractivity contribution in [2.24, 2.45) is 0 Å². The van der Waals surface area contributed by atoms with Crippen molar-refractivity contribution in [2.75, 3.05) is 31.6 Å². The van der Waals surface area contributed by atoms with E-state index in [-0.39, 0.29) is 18.2 Å². The number of rotatable bonds is 1. The molecule has 22 heavy (non-hydrogen) atoms. The van der Waals surface area contributed by atoms with Crippen LogP contribution < -0.4 is 5.32 Å². The molecule has 1 N–H and O–H groups in total. The highest BCUT2D eigenvalue weighted by atomic mass is 35.5. The molecular formula is C14H17ClN4O3. The standard InChI is InChI=1S/C14H17ClN4O3/c1-9-11(15)6-16-7-12(9)17-13(20)18-3-4-19-10(8-18)2-5-22-14(19)21/h6-7,10H,2-5,8H2,1H3,(H,17,20)/t10-/m0/s1. The van der Waals surface area contributed by atoms with Gasteiger partial charge in [0.05, 0.1) is 29.6 Å². The molecule has 2 aliphatic rings. The summed E-state index contributed by atoms with van der Waals surface area (Å²) in [7, 11) is 0. The monoisotopic (exact) mass is 324 g/mol. The average Bonchev–Trinajstić information content (AvgIpc) is 2.51. The third-order valence-corrected chi connectivity index (χ3v) is 4.46. The summed E-state index contributed by atoms with van der Waals surface area (Å²) in [6.07, 6.45) is 3.57. The van der Waals surface area contributed by atoms with Crippen molar-refractivity contribution in [3.63, 3.8) is 0 Å². The minimum absolute atomic E-state index is 0.0272. The van der Waals surface area contributed by atoms with Crippen molar-refractivity contribution in [1.29, 1.82) is 0 Å². The van der Waals surface area contributed by atoms with Gasteiger partial charge in [-0.25, -0.2) is 9.59 Å². The van der Waals surface area contributed by atoms with Gasteiger partial charge >= 0.3 is 12.1 Å². The quantitative estimate of drug-likeness (QED) is 0.858. The van der Waals surface area contributed by atoms with Gasteiger partial charge in [-0.1, -0.05) is 11.6 Å². The van der Waals surface area contributed by atoms with Gasteiger partial charge in [0.25, 0.3) is 0 Å². The second-order valence-electron chi connectivity index (χ2n) is 5.42. The minimum atomic E-state index is -0.286. The Morgan fingerprint density at radius 3 is 3.09 bits per heavy atom. The SMILES string of the molecule is Cc1c(Cl)cncc1NC(=O)N1CCN2C(=O)OCC[C@H]2C1. The molecule has 7 nitrogen and oxygen atoms in total. The molecule has 3 heterocycles. The molecule has 118 valence electrons. The molecule has 0 spiro atoms. The Morgan fingerprint density at radius 1 is 1.45 bits per heavy atom. The van der Waals surface area contributed by atoms with Crippen LogP contribution in [0, 0.1) is 6.92 Å². The molecule has 1 aromatic heterocycles. The van der Waals surface area contributed by atoms with E-state index < -0.39 is 0 Å². The van der Waals surface area contributed by atoms with E-state index in [0.29, 0.717) is 37.0 Å². The van der Waals surface area contributed by atoms with E-state index in [1.54, 1.807) is 22.2 Å². The fourth-order valence-corrected chi connectivity index (χ4v) is 2.87. The lowest BCUT2D eigenvalue weighted by Crippen LogP contribution is -2.59. The van der Waals surface area contributed by atoms with E-state index in [1.165, 1.54) is 0 Å². The zero-order valence-electron chi connectivity index (χ0n) is 12.2. The van der Waals surface area contributed by atoms with Gasteiger partial charge in [-0.05, 0) is 12.5 Å². The number of carbonyl (C=O) groups is 2. The largest absolute Gasteiger partial charge is 0.449 e.